The predicted molar refractivity (Wildman–Crippen MR) is 92.4 cm³/mol. The van der Waals surface area contributed by atoms with Crippen molar-refractivity contribution in [3.05, 3.63) is 84.4 Å². The number of rotatable bonds is 4. The van der Waals surface area contributed by atoms with Crippen molar-refractivity contribution < 1.29 is 14.5 Å². The zero-order valence-electron chi connectivity index (χ0n) is 13.6. The maximum atomic E-state index is 12.3. The normalized spacial score (nSPS) is 10.7. The number of nitrogens with zero attached hydrogens (tertiary/aromatic N) is 2. The first-order valence-electron chi connectivity index (χ1n) is 7.49. The average Bonchev–Trinajstić information content (AvgIpc) is 2.64. The van der Waals surface area contributed by atoms with Gasteiger partial charge < -0.3 is 9.72 Å². The van der Waals surface area contributed by atoms with Crippen LogP contribution in [0.25, 0.3) is 11.0 Å². The van der Waals surface area contributed by atoms with Crippen LogP contribution in [0.2, 0.25) is 0 Å². The Hall–Kier alpha value is -3.75. The molecule has 0 saturated carbocycles. The van der Waals surface area contributed by atoms with Crippen molar-refractivity contribution >= 4 is 22.7 Å². The minimum Gasteiger partial charge on any atom is -0.465 e. The van der Waals surface area contributed by atoms with Gasteiger partial charge in [-0.05, 0) is 23.8 Å². The second-order valence-electron chi connectivity index (χ2n) is 5.50. The van der Waals surface area contributed by atoms with Gasteiger partial charge in [-0.15, -0.1) is 0 Å². The number of fused-ring (bicyclic) bond motifs is 1. The van der Waals surface area contributed by atoms with Gasteiger partial charge in [0, 0.05) is 12.1 Å². The van der Waals surface area contributed by atoms with Crippen molar-refractivity contribution in [2.24, 2.45) is 0 Å². The number of nitrogens with one attached hydrogen (secondary N) is 1. The third-order valence-corrected chi connectivity index (χ3v) is 3.86. The van der Waals surface area contributed by atoms with Gasteiger partial charge in [0.25, 0.3) is 5.69 Å². The van der Waals surface area contributed by atoms with E-state index in [1.807, 2.05) is 0 Å². The Morgan fingerprint density at radius 1 is 1.23 bits per heavy atom. The number of carbonyl (C=O) groups excluding carboxylic acids is 1. The third kappa shape index (κ3) is 3.09. The average molecular weight is 355 g/mol. The Kier molecular flexibility index (Phi) is 4.36. The van der Waals surface area contributed by atoms with E-state index in [-0.39, 0.29) is 17.7 Å². The third-order valence-electron chi connectivity index (χ3n) is 3.86. The first-order valence-corrected chi connectivity index (χ1v) is 7.49. The molecule has 0 aliphatic heterocycles. The Morgan fingerprint density at radius 3 is 2.69 bits per heavy atom. The number of hydrogen-bond acceptors (Lipinski definition) is 6. The van der Waals surface area contributed by atoms with Crippen LogP contribution in [-0.2, 0) is 11.3 Å². The van der Waals surface area contributed by atoms with Gasteiger partial charge in [-0.2, -0.15) is 0 Å². The minimum absolute atomic E-state index is 0.0158. The first kappa shape index (κ1) is 17.1. The van der Waals surface area contributed by atoms with Crippen molar-refractivity contribution in [3.8, 4) is 0 Å². The van der Waals surface area contributed by atoms with Crippen LogP contribution < -0.4 is 11.1 Å². The van der Waals surface area contributed by atoms with Gasteiger partial charge in [-0.25, -0.2) is 4.79 Å². The molecule has 0 spiro atoms. The fourth-order valence-corrected chi connectivity index (χ4v) is 2.63. The Labute approximate surface area is 145 Å². The summed E-state index contributed by atoms with van der Waals surface area (Å²) in [7, 11) is 1.26. The maximum Gasteiger partial charge on any atom is 0.337 e. The van der Waals surface area contributed by atoms with E-state index in [0.29, 0.717) is 16.6 Å². The SMILES string of the molecule is COC(=O)c1cccc(Cn2c(=O)c(=O)[nH]c3cc([N+](=O)[O-])ccc32)c1. The highest BCUT2D eigenvalue weighted by Crippen LogP contribution is 2.18. The molecule has 3 rings (SSSR count). The lowest BCUT2D eigenvalue weighted by molar-refractivity contribution is -0.384. The summed E-state index contributed by atoms with van der Waals surface area (Å²) >= 11 is 0. The number of nitro groups is 1. The van der Waals surface area contributed by atoms with Gasteiger partial charge in [0.2, 0.25) is 0 Å². The lowest BCUT2D eigenvalue weighted by Crippen LogP contribution is -2.36. The molecule has 0 amide bonds. The molecule has 2 aromatic carbocycles. The number of aromatic nitrogens is 2. The van der Waals surface area contributed by atoms with Crippen LogP contribution in [0.15, 0.2) is 52.1 Å². The van der Waals surface area contributed by atoms with Crippen LogP contribution >= 0.6 is 0 Å². The maximum absolute atomic E-state index is 12.3. The minimum atomic E-state index is -0.887. The van der Waals surface area contributed by atoms with Crippen LogP contribution in [-0.4, -0.2) is 27.6 Å². The lowest BCUT2D eigenvalue weighted by atomic mass is 10.1. The molecule has 0 saturated heterocycles. The Balaban J connectivity index is 2.14. The van der Waals surface area contributed by atoms with Crippen LogP contribution in [0.4, 0.5) is 5.69 Å². The number of H-pyrrole nitrogens is 1. The van der Waals surface area contributed by atoms with Crippen LogP contribution in [0.3, 0.4) is 0 Å². The van der Waals surface area contributed by atoms with E-state index in [0.717, 1.165) is 0 Å². The summed E-state index contributed by atoms with van der Waals surface area (Å²) in [5, 5.41) is 10.9. The molecule has 0 unspecified atom stereocenters. The monoisotopic (exact) mass is 355 g/mol. The van der Waals surface area contributed by atoms with Crippen LogP contribution in [0.1, 0.15) is 15.9 Å². The molecule has 0 aliphatic carbocycles. The molecular formula is C17H13N3O6. The summed E-state index contributed by atoms with van der Waals surface area (Å²) in [4.78, 5) is 48.5. The largest absolute Gasteiger partial charge is 0.465 e. The molecule has 0 fully saturated rings. The number of carbonyl (C=O) groups is 1. The van der Waals surface area contributed by atoms with E-state index < -0.39 is 22.0 Å². The van der Waals surface area contributed by atoms with Crippen molar-refractivity contribution in [1.82, 2.24) is 9.55 Å². The van der Waals surface area contributed by atoms with Gasteiger partial charge in [-0.1, -0.05) is 12.1 Å². The number of esters is 1. The zero-order chi connectivity index (χ0) is 18.8. The van der Waals surface area contributed by atoms with Gasteiger partial charge >= 0.3 is 17.1 Å². The van der Waals surface area contributed by atoms with E-state index in [1.165, 1.54) is 29.9 Å². The molecule has 9 heteroatoms. The summed E-state index contributed by atoms with van der Waals surface area (Å²) in [6, 6.07) is 10.3. The molecule has 0 bridgehead atoms. The van der Waals surface area contributed by atoms with Gasteiger partial charge in [0.1, 0.15) is 0 Å². The van der Waals surface area contributed by atoms with E-state index in [1.54, 1.807) is 24.3 Å². The molecule has 0 atom stereocenters. The summed E-state index contributed by atoms with van der Waals surface area (Å²) < 4.78 is 5.87. The number of methoxy groups -OCH3 is 1. The summed E-state index contributed by atoms with van der Waals surface area (Å²) in [6.07, 6.45) is 0. The fraction of sp³-hybridized carbons (Fsp3) is 0.118. The molecule has 9 nitrogen and oxygen atoms in total. The predicted octanol–water partition coefficient (Wildman–Crippen LogP) is 1.43. The second-order valence-corrected chi connectivity index (χ2v) is 5.50. The zero-order valence-corrected chi connectivity index (χ0v) is 13.6. The highest BCUT2D eigenvalue weighted by Gasteiger charge is 2.13. The number of non-ortho nitro benzene ring substituents is 1. The quantitative estimate of drug-likeness (QED) is 0.327. The Bertz CT molecular complexity index is 1150. The van der Waals surface area contributed by atoms with Gasteiger partial charge in [-0.3, -0.25) is 24.3 Å². The van der Waals surface area contributed by atoms with E-state index in [9.17, 15) is 24.5 Å². The summed E-state index contributed by atoms with van der Waals surface area (Å²) in [5.41, 5.74) is -0.470. The van der Waals surface area contributed by atoms with Crippen molar-refractivity contribution in [2.45, 2.75) is 6.54 Å². The number of aromatic amines is 1. The molecule has 1 N–H and O–H groups in total. The van der Waals surface area contributed by atoms with Crippen LogP contribution in [0.5, 0.6) is 0 Å². The number of hydrogen-bond donors (Lipinski definition) is 1. The summed E-state index contributed by atoms with van der Waals surface area (Å²) in [5.74, 6) is -0.523. The van der Waals surface area contributed by atoms with Crippen molar-refractivity contribution in [1.29, 1.82) is 0 Å². The molecule has 3 aromatic rings. The van der Waals surface area contributed by atoms with E-state index in [2.05, 4.69) is 9.72 Å². The highest BCUT2D eigenvalue weighted by molar-refractivity contribution is 5.89. The van der Waals surface area contributed by atoms with E-state index >= 15 is 0 Å². The Morgan fingerprint density at radius 2 is 2.00 bits per heavy atom. The van der Waals surface area contributed by atoms with Gasteiger partial charge in [0.15, 0.2) is 0 Å². The molecule has 1 aromatic heterocycles. The van der Waals surface area contributed by atoms with E-state index in [4.69, 9.17) is 0 Å². The topological polar surface area (TPSA) is 124 Å². The molecule has 0 aliphatic rings. The molecular weight excluding hydrogens is 342 g/mol. The second kappa shape index (κ2) is 6.63. The lowest BCUT2D eigenvalue weighted by Gasteiger charge is -2.10. The molecule has 0 radical (unpaired) electrons. The molecule has 1 heterocycles. The standard InChI is InChI=1S/C17H13N3O6/c1-26-17(23)11-4-2-3-10(7-11)9-19-14-6-5-12(20(24)25)8-13(14)18-15(21)16(19)22/h2-8H,9H2,1H3,(H,18,21). The van der Waals surface area contributed by atoms with Crippen LogP contribution in [0, 0.1) is 10.1 Å². The first-order chi connectivity index (χ1) is 12.4. The van der Waals surface area contributed by atoms with Gasteiger partial charge in [0.05, 0.1) is 35.2 Å². The fourth-order valence-electron chi connectivity index (χ4n) is 2.63. The molecule has 132 valence electrons. The number of ether oxygens (including phenoxy) is 1. The van der Waals surface area contributed by atoms with Crippen molar-refractivity contribution in [3.63, 3.8) is 0 Å². The number of benzene rings is 2. The smallest absolute Gasteiger partial charge is 0.337 e. The highest BCUT2D eigenvalue weighted by atomic mass is 16.6. The van der Waals surface area contributed by atoms with Crippen molar-refractivity contribution in [2.75, 3.05) is 7.11 Å². The summed E-state index contributed by atoms with van der Waals surface area (Å²) in [6.45, 7) is 0.0158. The number of nitro benzene ring substituents is 1. The molecule has 26 heavy (non-hydrogen) atoms.